The molecule has 0 aliphatic carbocycles. The van der Waals surface area contributed by atoms with Crippen molar-refractivity contribution in [3.63, 3.8) is 0 Å². The highest BCUT2D eigenvalue weighted by molar-refractivity contribution is 6.31. The molecule has 0 saturated heterocycles. The Kier molecular flexibility index (Phi) is 7.89. The predicted molar refractivity (Wildman–Crippen MR) is 148 cm³/mol. The van der Waals surface area contributed by atoms with Crippen LogP contribution in [0, 0.1) is 0 Å². The van der Waals surface area contributed by atoms with Crippen LogP contribution in [-0.4, -0.2) is 25.7 Å². The number of halogens is 2. The number of benzene rings is 4. The number of Topliss-reactive ketones (excluding diaryl/α,β-unsaturated/α-hetero) is 2. The summed E-state index contributed by atoms with van der Waals surface area (Å²) >= 11 is 12.2. The van der Waals surface area contributed by atoms with E-state index in [2.05, 4.69) is 0 Å². The average Bonchev–Trinajstić information content (AvgIpc) is 2.92. The van der Waals surface area contributed by atoms with Crippen molar-refractivity contribution in [3.05, 3.63) is 142 Å². The van der Waals surface area contributed by atoms with E-state index in [-0.39, 0.29) is 23.0 Å². The fourth-order valence-corrected chi connectivity index (χ4v) is 4.13. The van der Waals surface area contributed by atoms with E-state index < -0.39 is 0 Å². The van der Waals surface area contributed by atoms with Crippen LogP contribution in [0.2, 0.25) is 10.0 Å². The Balaban J connectivity index is 1.99. The van der Waals surface area contributed by atoms with Gasteiger partial charge >= 0.3 is 0 Å². The van der Waals surface area contributed by atoms with Crippen LogP contribution in [0.25, 0.3) is 0 Å². The van der Waals surface area contributed by atoms with Crippen molar-refractivity contribution in [2.75, 3.05) is 23.9 Å². The van der Waals surface area contributed by atoms with Gasteiger partial charge in [0.1, 0.15) is 11.4 Å². The van der Waals surface area contributed by atoms with E-state index in [1.54, 1.807) is 72.4 Å². The Morgan fingerprint density at radius 2 is 0.806 bits per heavy atom. The molecule has 0 heterocycles. The third-order valence-electron chi connectivity index (χ3n) is 5.83. The number of allylic oxidation sites excluding steroid dienone is 2. The summed E-state index contributed by atoms with van der Waals surface area (Å²) in [5.74, 6) is -0.615. The van der Waals surface area contributed by atoms with Gasteiger partial charge in [-0.15, -0.1) is 0 Å². The first-order valence-electron chi connectivity index (χ1n) is 11.3. The zero-order chi connectivity index (χ0) is 25.7. The third kappa shape index (κ3) is 5.51. The van der Waals surface area contributed by atoms with Gasteiger partial charge in [0.05, 0.1) is 0 Å². The molecule has 0 amide bonds. The molecule has 36 heavy (non-hydrogen) atoms. The Morgan fingerprint density at radius 3 is 1.11 bits per heavy atom. The number of hydrogen-bond acceptors (Lipinski definition) is 4. The van der Waals surface area contributed by atoms with Gasteiger partial charge in [0.15, 0.2) is 0 Å². The van der Waals surface area contributed by atoms with Crippen LogP contribution in [0.1, 0.15) is 20.7 Å². The van der Waals surface area contributed by atoms with Crippen molar-refractivity contribution >= 4 is 46.1 Å². The van der Waals surface area contributed by atoms with Crippen LogP contribution >= 0.6 is 23.2 Å². The van der Waals surface area contributed by atoms with Gasteiger partial charge in [-0.2, -0.15) is 0 Å². The fourth-order valence-electron chi connectivity index (χ4n) is 3.87. The number of nitrogens with zero attached hydrogens (tertiary/aromatic N) is 2. The topological polar surface area (TPSA) is 40.6 Å². The number of rotatable bonds is 8. The lowest BCUT2D eigenvalue weighted by molar-refractivity contribution is 0.0995. The van der Waals surface area contributed by atoms with Gasteiger partial charge in [-0.3, -0.25) is 9.59 Å². The first-order chi connectivity index (χ1) is 17.4. The maximum Gasteiger partial charge on any atom is 0.211 e. The van der Waals surface area contributed by atoms with E-state index in [0.717, 1.165) is 11.4 Å². The van der Waals surface area contributed by atoms with Crippen molar-refractivity contribution in [2.24, 2.45) is 0 Å². The van der Waals surface area contributed by atoms with Gasteiger partial charge in [-0.1, -0.05) is 59.6 Å². The molecule has 4 rings (SSSR count). The van der Waals surface area contributed by atoms with Crippen LogP contribution in [-0.2, 0) is 0 Å². The summed E-state index contributed by atoms with van der Waals surface area (Å²) in [6.45, 7) is 0. The highest BCUT2D eigenvalue weighted by Crippen LogP contribution is 2.29. The zero-order valence-electron chi connectivity index (χ0n) is 19.9. The number of likely N-dealkylation sites (N-methyl/N-ethyl adjacent to an activating group) is 2. The molecule has 0 aliphatic heterocycles. The third-order valence-corrected chi connectivity index (χ3v) is 6.33. The van der Waals surface area contributed by atoms with Crippen LogP contribution in [0.4, 0.5) is 11.4 Å². The van der Waals surface area contributed by atoms with Gasteiger partial charge in [-0.25, -0.2) is 0 Å². The quantitative estimate of drug-likeness (QED) is 0.180. The first-order valence-corrected chi connectivity index (χ1v) is 12.0. The molecule has 0 saturated carbocycles. The Bertz CT molecular complexity index is 1280. The van der Waals surface area contributed by atoms with E-state index in [9.17, 15) is 9.59 Å². The minimum atomic E-state index is -0.307. The number of ketones is 2. The summed E-state index contributed by atoms with van der Waals surface area (Å²) in [7, 11) is 3.57. The van der Waals surface area contributed by atoms with Crippen molar-refractivity contribution in [1.29, 1.82) is 0 Å². The summed E-state index contributed by atoms with van der Waals surface area (Å²) in [6, 6.07) is 32.2. The maximum atomic E-state index is 14.1. The highest BCUT2D eigenvalue weighted by Gasteiger charge is 2.30. The van der Waals surface area contributed by atoms with E-state index >= 15 is 0 Å². The smallest absolute Gasteiger partial charge is 0.211 e. The van der Waals surface area contributed by atoms with Crippen molar-refractivity contribution in [2.45, 2.75) is 0 Å². The molecule has 180 valence electrons. The van der Waals surface area contributed by atoms with E-state index in [1.165, 1.54) is 0 Å². The molecule has 0 bridgehead atoms. The van der Waals surface area contributed by atoms with E-state index in [4.69, 9.17) is 23.2 Å². The molecule has 0 unspecified atom stereocenters. The summed E-state index contributed by atoms with van der Waals surface area (Å²) in [5, 5.41) is 1.04. The second-order valence-corrected chi connectivity index (χ2v) is 9.03. The Labute approximate surface area is 221 Å². The first kappa shape index (κ1) is 25.2. The largest absolute Gasteiger partial charge is 0.340 e. The van der Waals surface area contributed by atoms with Crippen LogP contribution in [0.3, 0.4) is 0 Å². The minimum absolute atomic E-state index is 0.231. The van der Waals surface area contributed by atoms with Gasteiger partial charge < -0.3 is 9.80 Å². The minimum Gasteiger partial charge on any atom is -0.340 e. The number of hydrogen-bond donors (Lipinski definition) is 0. The highest BCUT2D eigenvalue weighted by atomic mass is 35.5. The lowest BCUT2D eigenvalue weighted by atomic mass is 9.99. The average molecular weight is 515 g/mol. The Hall–Kier alpha value is -3.86. The van der Waals surface area contributed by atoms with E-state index in [1.807, 2.05) is 60.7 Å². The second kappa shape index (κ2) is 11.3. The summed E-state index contributed by atoms with van der Waals surface area (Å²) in [6.07, 6.45) is 0. The van der Waals surface area contributed by atoms with Gasteiger partial charge in [0, 0.05) is 46.6 Å². The molecule has 4 aromatic carbocycles. The second-order valence-electron chi connectivity index (χ2n) is 8.16. The standard InChI is InChI=1S/C30H24Cl2N2O2/c1-33(25-9-5-3-6-10-25)27(29(35)21-13-17-23(31)18-14-21)28(34(2)26-11-7-4-8-12-26)30(36)22-15-19-24(32)20-16-22/h3-20H,1-2H3/b28-27-. The van der Waals surface area contributed by atoms with Crippen molar-refractivity contribution < 1.29 is 9.59 Å². The molecule has 0 atom stereocenters. The van der Waals surface area contributed by atoms with Crippen LogP contribution < -0.4 is 9.80 Å². The number of carbonyl (C=O) groups excluding carboxylic acids is 2. The van der Waals surface area contributed by atoms with E-state index in [0.29, 0.717) is 21.2 Å². The monoisotopic (exact) mass is 514 g/mol. The van der Waals surface area contributed by atoms with Gasteiger partial charge in [0.2, 0.25) is 11.6 Å². The lowest BCUT2D eigenvalue weighted by Gasteiger charge is -2.30. The predicted octanol–water partition coefficient (Wildman–Crippen LogP) is 7.54. The molecular formula is C30H24Cl2N2O2. The molecule has 0 N–H and O–H groups in total. The number of anilines is 2. The molecule has 4 nitrogen and oxygen atoms in total. The van der Waals surface area contributed by atoms with Gasteiger partial charge in [0.25, 0.3) is 0 Å². The number of para-hydroxylation sites is 2. The molecule has 0 aromatic heterocycles. The lowest BCUT2D eigenvalue weighted by Crippen LogP contribution is -2.34. The summed E-state index contributed by atoms with van der Waals surface area (Å²) in [4.78, 5) is 31.7. The molecule has 0 spiro atoms. The SMILES string of the molecule is CN(/C(C(=O)c1ccc(Cl)cc1)=C(/C(=O)c1ccc(Cl)cc1)N(C)c1ccccc1)c1ccccc1. The van der Waals surface area contributed by atoms with Gasteiger partial charge in [-0.05, 0) is 72.8 Å². The molecule has 0 fully saturated rings. The molecule has 6 heteroatoms. The maximum absolute atomic E-state index is 14.1. The fraction of sp³-hybridized carbons (Fsp3) is 0.0667. The number of carbonyl (C=O) groups is 2. The summed E-state index contributed by atoms with van der Waals surface area (Å²) < 4.78 is 0. The normalized spacial score (nSPS) is 11.4. The van der Waals surface area contributed by atoms with Crippen LogP contribution in [0.5, 0.6) is 0 Å². The molecule has 4 aromatic rings. The molecule has 0 radical (unpaired) electrons. The van der Waals surface area contributed by atoms with Crippen molar-refractivity contribution in [1.82, 2.24) is 0 Å². The zero-order valence-corrected chi connectivity index (χ0v) is 21.4. The Morgan fingerprint density at radius 1 is 0.500 bits per heavy atom. The van der Waals surface area contributed by atoms with Crippen molar-refractivity contribution in [3.8, 4) is 0 Å². The van der Waals surface area contributed by atoms with Crippen LogP contribution in [0.15, 0.2) is 121 Å². The summed E-state index contributed by atoms with van der Waals surface area (Å²) in [5.41, 5.74) is 2.82. The molecular weight excluding hydrogens is 491 g/mol. The molecule has 0 aliphatic rings.